The number of hydrogen-bond donors (Lipinski definition) is 3. The van der Waals surface area contributed by atoms with Crippen LogP contribution < -0.4 is 10.6 Å². The molecule has 7 heteroatoms. The first-order valence-electron chi connectivity index (χ1n) is 5.73. The van der Waals surface area contributed by atoms with Gasteiger partial charge in [-0.15, -0.1) is 0 Å². The SMILES string of the molecule is CC(O)c1ccc(NC(=O)NCc2ncon2)cc1. The van der Waals surface area contributed by atoms with Gasteiger partial charge in [0.1, 0.15) is 0 Å². The molecule has 0 aliphatic heterocycles. The van der Waals surface area contributed by atoms with E-state index < -0.39 is 6.10 Å². The zero-order valence-electron chi connectivity index (χ0n) is 10.3. The minimum atomic E-state index is -0.527. The van der Waals surface area contributed by atoms with E-state index in [4.69, 9.17) is 0 Å². The first-order valence-corrected chi connectivity index (χ1v) is 5.73. The third-order valence-corrected chi connectivity index (χ3v) is 2.46. The maximum Gasteiger partial charge on any atom is 0.319 e. The molecule has 0 aliphatic carbocycles. The van der Waals surface area contributed by atoms with Crippen molar-refractivity contribution in [2.75, 3.05) is 5.32 Å². The van der Waals surface area contributed by atoms with Gasteiger partial charge in [0.25, 0.3) is 0 Å². The highest BCUT2D eigenvalue weighted by molar-refractivity contribution is 5.89. The second kappa shape index (κ2) is 5.96. The fraction of sp³-hybridized carbons (Fsp3) is 0.250. The second-order valence-corrected chi connectivity index (χ2v) is 3.95. The van der Waals surface area contributed by atoms with Gasteiger partial charge < -0.3 is 20.3 Å². The van der Waals surface area contributed by atoms with Crippen molar-refractivity contribution < 1.29 is 14.4 Å². The number of anilines is 1. The predicted molar refractivity (Wildman–Crippen MR) is 67.2 cm³/mol. The standard InChI is InChI=1S/C12H14N4O3/c1-8(17)9-2-4-10(5-3-9)15-12(18)13-6-11-14-7-19-16-11/h2-5,7-8,17H,6H2,1H3,(H2,13,15,18). The summed E-state index contributed by atoms with van der Waals surface area (Å²) < 4.78 is 4.54. The highest BCUT2D eigenvalue weighted by atomic mass is 16.5. The van der Waals surface area contributed by atoms with E-state index in [9.17, 15) is 9.90 Å². The number of aromatic nitrogens is 2. The van der Waals surface area contributed by atoms with Crippen LogP contribution in [-0.2, 0) is 6.54 Å². The van der Waals surface area contributed by atoms with Gasteiger partial charge in [-0.05, 0) is 24.6 Å². The molecule has 2 rings (SSSR count). The number of carbonyl (C=O) groups is 1. The molecule has 0 fully saturated rings. The van der Waals surface area contributed by atoms with E-state index >= 15 is 0 Å². The summed E-state index contributed by atoms with van der Waals surface area (Å²) in [7, 11) is 0. The molecule has 1 aromatic carbocycles. The maximum atomic E-state index is 11.6. The number of urea groups is 1. The Morgan fingerprint density at radius 2 is 2.16 bits per heavy atom. The van der Waals surface area contributed by atoms with Crippen LogP contribution in [0.5, 0.6) is 0 Å². The quantitative estimate of drug-likeness (QED) is 0.774. The normalized spacial score (nSPS) is 11.9. The molecule has 0 bridgehead atoms. The molecule has 7 nitrogen and oxygen atoms in total. The minimum Gasteiger partial charge on any atom is -0.389 e. The van der Waals surface area contributed by atoms with Crippen LogP contribution in [0.15, 0.2) is 35.2 Å². The molecule has 0 saturated carbocycles. The molecule has 100 valence electrons. The summed E-state index contributed by atoms with van der Waals surface area (Å²) in [4.78, 5) is 15.3. The molecule has 19 heavy (non-hydrogen) atoms. The number of nitrogens with one attached hydrogen (secondary N) is 2. The van der Waals surface area contributed by atoms with E-state index in [0.29, 0.717) is 11.5 Å². The summed E-state index contributed by atoms with van der Waals surface area (Å²) in [6, 6.07) is 6.57. The summed E-state index contributed by atoms with van der Waals surface area (Å²) >= 11 is 0. The van der Waals surface area contributed by atoms with Crippen LogP contribution in [0.2, 0.25) is 0 Å². The van der Waals surface area contributed by atoms with Crippen molar-refractivity contribution in [2.24, 2.45) is 0 Å². The van der Waals surface area contributed by atoms with E-state index in [1.807, 2.05) is 0 Å². The monoisotopic (exact) mass is 262 g/mol. The number of carbonyl (C=O) groups excluding carboxylic acids is 1. The van der Waals surface area contributed by atoms with Gasteiger partial charge >= 0.3 is 6.03 Å². The molecule has 3 N–H and O–H groups in total. The smallest absolute Gasteiger partial charge is 0.319 e. The Labute approximate surface area is 109 Å². The van der Waals surface area contributed by atoms with Crippen LogP contribution in [-0.4, -0.2) is 21.3 Å². The maximum absolute atomic E-state index is 11.6. The van der Waals surface area contributed by atoms with Gasteiger partial charge in [-0.1, -0.05) is 17.3 Å². The Morgan fingerprint density at radius 3 is 2.74 bits per heavy atom. The number of benzene rings is 1. The molecule has 0 spiro atoms. The van der Waals surface area contributed by atoms with Crippen molar-refractivity contribution >= 4 is 11.7 Å². The lowest BCUT2D eigenvalue weighted by atomic mass is 10.1. The summed E-state index contributed by atoms with van der Waals surface area (Å²) in [5.41, 5.74) is 1.42. The van der Waals surface area contributed by atoms with E-state index in [0.717, 1.165) is 5.56 Å². The van der Waals surface area contributed by atoms with Crippen LogP contribution in [0.25, 0.3) is 0 Å². The van der Waals surface area contributed by atoms with Crippen LogP contribution in [0.4, 0.5) is 10.5 Å². The second-order valence-electron chi connectivity index (χ2n) is 3.95. The van der Waals surface area contributed by atoms with E-state index in [2.05, 4.69) is 25.3 Å². The Bertz CT molecular complexity index is 522. The van der Waals surface area contributed by atoms with Crippen molar-refractivity contribution in [3.63, 3.8) is 0 Å². The van der Waals surface area contributed by atoms with Crippen molar-refractivity contribution in [1.29, 1.82) is 0 Å². The average Bonchev–Trinajstić information content (AvgIpc) is 2.90. The van der Waals surface area contributed by atoms with Gasteiger partial charge in [0.05, 0.1) is 12.6 Å². The Morgan fingerprint density at radius 1 is 1.42 bits per heavy atom. The fourth-order valence-electron chi connectivity index (χ4n) is 1.45. The van der Waals surface area contributed by atoms with Crippen molar-refractivity contribution in [3.8, 4) is 0 Å². The zero-order chi connectivity index (χ0) is 13.7. The van der Waals surface area contributed by atoms with Crippen LogP contribution in [0.1, 0.15) is 24.4 Å². The van der Waals surface area contributed by atoms with E-state index in [1.165, 1.54) is 6.39 Å². The first kappa shape index (κ1) is 13.0. The summed E-state index contributed by atoms with van der Waals surface area (Å²) in [6.45, 7) is 1.87. The predicted octanol–water partition coefficient (Wildman–Crippen LogP) is 1.44. The van der Waals surface area contributed by atoms with Crippen molar-refractivity contribution in [1.82, 2.24) is 15.5 Å². The molecule has 0 aliphatic rings. The van der Waals surface area contributed by atoms with Crippen LogP contribution in [0, 0.1) is 0 Å². The average molecular weight is 262 g/mol. The number of nitrogens with zero attached hydrogens (tertiary/aromatic N) is 2. The molecular formula is C12H14N4O3. The number of aliphatic hydroxyl groups is 1. The minimum absolute atomic E-state index is 0.189. The molecule has 1 unspecified atom stereocenters. The number of rotatable bonds is 4. The molecule has 1 heterocycles. The number of hydrogen-bond acceptors (Lipinski definition) is 5. The fourth-order valence-corrected chi connectivity index (χ4v) is 1.45. The first-order chi connectivity index (χ1) is 9.15. The lowest BCUT2D eigenvalue weighted by Crippen LogP contribution is -2.28. The zero-order valence-corrected chi connectivity index (χ0v) is 10.3. The molecule has 2 amide bonds. The highest BCUT2D eigenvalue weighted by Crippen LogP contribution is 2.15. The van der Waals surface area contributed by atoms with Gasteiger partial charge in [-0.2, -0.15) is 4.98 Å². The van der Waals surface area contributed by atoms with Gasteiger partial charge in [0.15, 0.2) is 5.82 Å². The molecule has 2 aromatic rings. The Balaban J connectivity index is 1.84. The lowest BCUT2D eigenvalue weighted by Gasteiger charge is -2.08. The molecular weight excluding hydrogens is 248 g/mol. The lowest BCUT2D eigenvalue weighted by molar-refractivity contribution is 0.199. The van der Waals surface area contributed by atoms with Crippen molar-refractivity contribution in [3.05, 3.63) is 42.0 Å². The summed E-state index contributed by atoms with van der Waals surface area (Å²) in [5.74, 6) is 0.402. The molecule has 1 atom stereocenters. The summed E-state index contributed by atoms with van der Waals surface area (Å²) in [6.07, 6.45) is 0.671. The van der Waals surface area contributed by atoms with Gasteiger partial charge in [0, 0.05) is 5.69 Å². The van der Waals surface area contributed by atoms with Crippen molar-refractivity contribution in [2.45, 2.75) is 19.6 Å². The highest BCUT2D eigenvalue weighted by Gasteiger charge is 2.05. The third-order valence-electron chi connectivity index (χ3n) is 2.46. The van der Waals surface area contributed by atoms with E-state index in [-0.39, 0.29) is 12.6 Å². The largest absolute Gasteiger partial charge is 0.389 e. The molecule has 0 radical (unpaired) electrons. The Kier molecular flexibility index (Phi) is 4.09. The molecule has 0 saturated heterocycles. The van der Waals surface area contributed by atoms with E-state index in [1.54, 1.807) is 31.2 Å². The van der Waals surface area contributed by atoms with Gasteiger partial charge in [0.2, 0.25) is 6.39 Å². The number of amides is 2. The third kappa shape index (κ3) is 3.78. The van der Waals surface area contributed by atoms with Gasteiger partial charge in [-0.25, -0.2) is 4.79 Å². The van der Waals surface area contributed by atoms with Crippen LogP contribution in [0.3, 0.4) is 0 Å². The molecule has 1 aromatic heterocycles. The van der Waals surface area contributed by atoms with Gasteiger partial charge in [-0.3, -0.25) is 0 Å². The van der Waals surface area contributed by atoms with Crippen LogP contribution >= 0.6 is 0 Å². The summed E-state index contributed by atoms with van der Waals surface area (Å²) in [5, 5.41) is 18.2. The topological polar surface area (TPSA) is 100 Å². The Hall–Kier alpha value is -2.41. The number of aliphatic hydroxyl groups excluding tert-OH is 1.